The van der Waals surface area contributed by atoms with Crippen LogP contribution < -0.4 is 10.1 Å². The predicted octanol–water partition coefficient (Wildman–Crippen LogP) is 4.99. The van der Waals surface area contributed by atoms with Gasteiger partial charge in [0.05, 0.1) is 19.2 Å². The fourth-order valence-electron chi connectivity index (χ4n) is 4.14. The number of nitrogens with zero attached hydrogens (tertiary/aromatic N) is 1. The van der Waals surface area contributed by atoms with Crippen LogP contribution >= 0.6 is 0 Å². The molecule has 184 valence electrons. The van der Waals surface area contributed by atoms with Crippen LogP contribution in [0, 0.1) is 6.92 Å². The first-order chi connectivity index (χ1) is 16.2. The van der Waals surface area contributed by atoms with Crippen molar-refractivity contribution in [1.82, 2.24) is 15.2 Å². The number of ether oxygens (including phenoxy) is 1. The zero-order chi connectivity index (χ0) is 24.7. The molecule has 0 unspecified atom stereocenters. The normalized spacial score (nSPS) is 15.1. The molecule has 1 aliphatic heterocycles. The lowest BCUT2D eigenvalue weighted by Crippen LogP contribution is -2.45. The number of halogens is 3. The van der Waals surface area contributed by atoms with Gasteiger partial charge in [0.2, 0.25) is 0 Å². The van der Waals surface area contributed by atoms with Crippen molar-refractivity contribution >= 4 is 16.9 Å². The van der Waals surface area contributed by atoms with Crippen LogP contribution in [-0.2, 0) is 6.54 Å². The first kappa shape index (κ1) is 25.6. The maximum atomic E-state index is 12.3. The summed E-state index contributed by atoms with van der Waals surface area (Å²) in [6.07, 6.45) is -0.777. The van der Waals surface area contributed by atoms with Crippen LogP contribution in [0.3, 0.4) is 0 Å². The number of aryl methyl sites for hydroxylation is 1. The summed E-state index contributed by atoms with van der Waals surface area (Å²) in [6.45, 7) is 3.43. The van der Waals surface area contributed by atoms with E-state index in [-0.39, 0.29) is 6.04 Å². The second kappa shape index (κ2) is 11.4. The minimum absolute atomic E-state index is 0.0648. The average molecular weight is 478 g/mol. The molecule has 0 radical (unpaired) electrons. The van der Waals surface area contributed by atoms with Gasteiger partial charge in [0.1, 0.15) is 5.75 Å². The van der Waals surface area contributed by atoms with Crippen LogP contribution in [-0.4, -0.2) is 59.9 Å². The van der Waals surface area contributed by atoms with Crippen molar-refractivity contribution in [3.8, 4) is 5.75 Å². The Hall–Kier alpha value is -3.04. The Morgan fingerprint density at radius 3 is 2.44 bits per heavy atom. The van der Waals surface area contributed by atoms with E-state index in [1.54, 1.807) is 37.4 Å². The highest BCUT2D eigenvalue weighted by atomic mass is 19.4. The molecule has 1 saturated heterocycles. The SMILES string of the molecule is COc1cc(C)c2[nH]ccc2c1CN1CCC(NCC(F)(F)F)CC1.O=C(O)c1ccccc1. The fraction of sp³-hybridized carbons (Fsp3) is 0.400. The highest BCUT2D eigenvalue weighted by Crippen LogP contribution is 2.32. The van der Waals surface area contributed by atoms with Crippen molar-refractivity contribution in [1.29, 1.82) is 0 Å². The molecule has 0 bridgehead atoms. The molecule has 6 nitrogen and oxygen atoms in total. The molecule has 1 fully saturated rings. The van der Waals surface area contributed by atoms with E-state index >= 15 is 0 Å². The van der Waals surface area contributed by atoms with Crippen molar-refractivity contribution in [2.45, 2.75) is 38.5 Å². The summed E-state index contributed by atoms with van der Waals surface area (Å²) in [4.78, 5) is 15.7. The number of piperidine rings is 1. The number of alkyl halides is 3. The quantitative estimate of drug-likeness (QED) is 0.467. The summed E-state index contributed by atoms with van der Waals surface area (Å²) in [7, 11) is 1.67. The monoisotopic (exact) mass is 477 g/mol. The van der Waals surface area contributed by atoms with Crippen molar-refractivity contribution in [3.63, 3.8) is 0 Å². The molecule has 3 aromatic rings. The lowest BCUT2D eigenvalue weighted by Gasteiger charge is -2.33. The molecule has 1 aliphatic rings. The van der Waals surface area contributed by atoms with E-state index in [0.717, 1.165) is 60.3 Å². The van der Waals surface area contributed by atoms with Gasteiger partial charge in [-0.25, -0.2) is 4.79 Å². The molecule has 2 aromatic carbocycles. The maximum Gasteiger partial charge on any atom is 0.401 e. The zero-order valence-corrected chi connectivity index (χ0v) is 19.3. The third-order valence-electron chi connectivity index (χ3n) is 5.91. The number of H-pyrrole nitrogens is 1. The van der Waals surface area contributed by atoms with Crippen molar-refractivity contribution < 1.29 is 27.8 Å². The Morgan fingerprint density at radius 1 is 1.21 bits per heavy atom. The van der Waals surface area contributed by atoms with E-state index in [0.29, 0.717) is 5.56 Å². The average Bonchev–Trinajstić information content (AvgIpc) is 3.31. The van der Waals surface area contributed by atoms with Gasteiger partial charge < -0.3 is 20.1 Å². The number of hydrogen-bond acceptors (Lipinski definition) is 4. The number of fused-ring (bicyclic) bond motifs is 1. The number of carbonyl (C=O) groups is 1. The largest absolute Gasteiger partial charge is 0.496 e. The van der Waals surface area contributed by atoms with Crippen molar-refractivity contribution in [2.24, 2.45) is 0 Å². The Balaban J connectivity index is 0.000000302. The van der Waals surface area contributed by atoms with Crippen LogP contribution in [0.25, 0.3) is 10.9 Å². The molecule has 9 heteroatoms. The van der Waals surface area contributed by atoms with E-state index in [4.69, 9.17) is 9.84 Å². The molecule has 2 heterocycles. The van der Waals surface area contributed by atoms with Gasteiger partial charge in [0.25, 0.3) is 0 Å². The number of carboxylic acid groups (broad SMARTS) is 1. The molecule has 0 saturated carbocycles. The lowest BCUT2D eigenvalue weighted by molar-refractivity contribution is -0.126. The van der Waals surface area contributed by atoms with Crippen molar-refractivity contribution in [2.75, 3.05) is 26.7 Å². The van der Waals surface area contributed by atoms with E-state index in [2.05, 4.69) is 21.3 Å². The summed E-state index contributed by atoms with van der Waals surface area (Å²) >= 11 is 0. The van der Waals surface area contributed by atoms with Crippen LogP contribution in [0.2, 0.25) is 0 Å². The van der Waals surface area contributed by atoms with E-state index in [1.165, 1.54) is 0 Å². The molecule has 3 N–H and O–H groups in total. The van der Waals surface area contributed by atoms with Gasteiger partial charge in [-0.2, -0.15) is 13.2 Å². The zero-order valence-electron chi connectivity index (χ0n) is 19.3. The Kier molecular flexibility index (Phi) is 8.57. The minimum Gasteiger partial charge on any atom is -0.496 e. The van der Waals surface area contributed by atoms with Gasteiger partial charge >= 0.3 is 12.1 Å². The van der Waals surface area contributed by atoms with Crippen molar-refractivity contribution in [3.05, 3.63) is 65.4 Å². The molecule has 34 heavy (non-hydrogen) atoms. The molecule has 0 atom stereocenters. The number of aromatic carboxylic acids is 1. The number of nitrogens with one attached hydrogen (secondary N) is 2. The topological polar surface area (TPSA) is 77.6 Å². The third-order valence-corrected chi connectivity index (χ3v) is 5.91. The molecular weight excluding hydrogens is 447 g/mol. The number of methoxy groups -OCH3 is 1. The Bertz CT molecular complexity index is 1080. The number of aromatic amines is 1. The lowest BCUT2D eigenvalue weighted by atomic mass is 10.0. The van der Waals surface area contributed by atoms with Gasteiger partial charge in [0, 0.05) is 35.2 Å². The number of aromatic nitrogens is 1. The molecular formula is C25H30F3N3O3. The van der Waals surface area contributed by atoms with E-state index < -0.39 is 18.7 Å². The first-order valence-electron chi connectivity index (χ1n) is 11.1. The standard InChI is InChI=1S/C18H24F3N3O.C7H6O2/c1-12-9-16(25-2)15(14-3-6-22-17(12)14)10-24-7-4-13(5-8-24)23-11-18(19,20)21;8-7(9)6-4-2-1-3-5-6/h3,6,9,13,22-23H,4-5,7-8,10-11H2,1-2H3;1-5H,(H,8,9). The van der Waals surface area contributed by atoms with Crippen LogP contribution in [0.15, 0.2) is 48.7 Å². The summed E-state index contributed by atoms with van der Waals surface area (Å²) in [5.74, 6) is -0.0162. The van der Waals surface area contributed by atoms with Gasteiger partial charge in [-0.05, 0) is 62.7 Å². The van der Waals surface area contributed by atoms with Crippen LogP contribution in [0.1, 0.15) is 34.3 Å². The second-order valence-corrected chi connectivity index (χ2v) is 8.36. The molecule has 4 rings (SSSR count). The highest BCUT2D eigenvalue weighted by molar-refractivity contribution is 5.88. The Labute approximate surface area is 196 Å². The second-order valence-electron chi connectivity index (χ2n) is 8.36. The van der Waals surface area contributed by atoms with Gasteiger partial charge in [-0.15, -0.1) is 0 Å². The smallest absolute Gasteiger partial charge is 0.401 e. The Morgan fingerprint density at radius 2 is 1.88 bits per heavy atom. The molecule has 0 aliphatic carbocycles. The van der Waals surface area contributed by atoms with Gasteiger partial charge in [0.15, 0.2) is 0 Å². The van der Waals surface area contributed by atoms with Crippen LogP contribution in [0.4, 0.5) is 13.2 Å². The van der Waals surface area contributed by atoms with E-state index in [9.17, 15) is 18.0 Å². The van der Waals surface area contributed by atoms with Crippen LogP contribution in [0.5, 0.6) is 5.75 Å². The number of carboxylic acids is 1. The first-order valence-corrected chi connectivity index (χ1v) is 11.1. The fourth-order valence-corrected chi connectivity index (χ4v) is 4.14. The molecule has 0 amide bonds. The summed E-state index contributed by atoms with van der Waals surface area (Å²) in [5, 5.41) is 12.2. The van der Waals surface area contributed by atoms with E-state index in [1.807, 2.05) is 19.2 Å². The number of likely N-dealkylation sites (tertiary alicyclic amines) is 1. The summed E-state index contributed by atoms with van der Waals surface area (Å²) < 4.78 is 42.5. The number of hydrogen-bond donors (Lipinski definition) is 3. The van der Waals surface area contributed by atoms with Gasteiger partial charge in [-0.3, -0.25) is 4.90 Å². The molecule has 1 aromatic heterocycles. The number of rotatable bonds is 6. The minimum atomic E-state index is -4.15. The van der Waals surface area contributed by atoms with Gasteiger partial charge in [-0.1, -0.05) is 18.2 Å². The predicted molar refractivity (Wildman–Crippen MR) is 125 cm³/mol. The summed E-state index contributed by atoms with van der Waals surface area (Å²) in [6, 6.07) is 12.3. The number of benzene rings is 2. The third kappa shape index (κ3) is 6.98. The summed E-state index contributed by atoms with van der Waals surface area (Å²) in [5.41, 5.74) is 3.71. The maximum absolute atomic E-state index is 12.3. The molecule has 0 spiro atoms. The highest BCUT2D eigenvalue weighted by Gasteiger charge is 2.29.